The highest BCUT2D eigenvalue weighted by Crippen LogP contribution is 2.49. The van der Waals surface area contributed by atoms with Gasteiger partial charge in [-0.2, -0.15) is 5.26 Å². The van der Waals surface area contributed by atoms with Crippen molar-refractivity contribution >= 4 is 65.4 Å². The topological polar surface area (TPSA) is 64.4 Å². The molecule has 12 aromatic carbocycles. The van der Waals surface area contributed by atoms with E-state index in [1.807, 2.05) is 36.4 Å². The minimum atomic E-state index is 0.609. The third-order valence-electron chi connectivity index (χ3n) is 16.5. The second kappa shape index (κ2) is 19.5. The van der Waals surface area contributed by atoms with Gasteiger partial charge in [0.05, 0.1) is 73.2 Å². The Balaban J connectivity index is 1.09. The number of aromatic nitrogens is 5. The van der Waals surface area contributed by atoms with E-state index in [0.29, 0.717) is 11.4 Å². The van der Waals surface area contributed by atoms with E-state index in [1.165, 1.54) is 21.5 Å². The molecule has 0 saturated heterocycles. The second-order valence-electron chi connectivity index (χ2n) is 21.2. The first-order valence-corrected chi connectivity index (χ1v) is 28.0. The summed E-state index contributed by atoms with van der Waals surface area (Å²) in [6.45, 7) is 0. The van der Waals surface area contributed by atoms with Gasteiger partial charge in [-0.15, -0.1) is 0 Å². The quantitative estimate of drug-likeness (QED) is 0.145. The van der Waals surface area contributed by atoms with Crippen molar-refractivity contribution in [3.05, 3.63) is 297 Å². The summed E-state index contributed by atoms with van der Waals surface area (Å²) >= 11 is 0. The lowest BCUT2D eigenvalue weighted by Gasteiger charge is -2.24. The molecule has 0 aliphatic heterocycles. The van der Waals surface area contributed by atoms with Gasteiger partial charge in [0.25, 0.3) is 0 Å². The van der Waals surface area contributed by atoms with Crippen LogP contribution in [0, 0.1) is 11.3 Å². The highest BCUT2D eigenvalue weighted by molar-refractivity contribution is 6.14. The van der Waals surface area contributed by atoms with Crippen LogP contribution in [0.4, 0.5) is 0 Å². The molecule has 0 radical (unpaired) electrons. The van der Waals surface area contributed by atoms with Gasteiger partial charge in [0, 0.05) is 71.3 Å². The average Bonchev–Trinajstić information content (AvgIpc) is 3.80. The lowest BCUT2D eigenvalue weighted by atomic mass is 9.90. The molecule has 0 N–H and O–H groups in total. The Hall–Kier alpha value is -11.4. The molecule has 4 aromatic heterocycles. The van der Waals surface area contributed by atoms with Gasteiger partial charge < -0.3 is 13.7 Å². The summed E-state index contributed by atoms with van der Waals surface area (Å²) in [5.74, 6) is 0.609. The molecule has 16 rings (SSSR count). The minimum Gasteiger partial charge on any atom is -0.309 e. The van der Waals surface area contributed by atoms with Crippen LogP contribution in [0.2, 0.25) is 0 Å². The fourth-order valence-electron chi connectivity index (χ4n) is 12.8. The molecule has 16 aromatic rings. The van der Waals surface area contributed by atoms with E-state index < -0.39 is 0 Å². The maximum Gasteiger partial charge on any atom is 0.160 e. The summed E-state index contributed by atoms with van der Waals surface area (Å²) in [4.78, 5) is 11.1. The molecule has 4 heterocycles. The molecule has 0 fully saturated rings. The van der Waals surface area contributed by atoms with Crippen LogP contribution >= 0.6 is 0 Å². The van der Waals surface area contributed by atoms with Gasteiger partial charge in [-0.1, -0.05) is 206 Å². The van der Waals surface area contributed by atoms with Crippen molar-refractivity contribution in [2.45, 2.75) is 0 Å². The summed E-state index contributed by atoms with van der Waals surface area (Å²) in [6.07, 6.45) is 0. The molecule has 0 bridgehead atoms. The molecular formula is C77H48N6. The standard InChI is InChI=1S/C77H48N6/c78-49-50-39-41-51(42-40-50)54-43-44-75-63(45-54)60-29-11-20-38-74(60)83(75)76-64(61-30-12-18-36-72(61)81-68-32-14-7-25-56(68)57-26-8-15-33-69(57)81)46-55(77-79-66(52-21-3-1-4-22-52)48-67(80-77)53-23-5-2-6-24-53)47-65(76)62-31-13-19-37-73(62)82-70-34-16-9-27-58(70)59-28-10-17-35-71(59)82/h1-48H. The number of hydrogen-bond acceptors (Lipinski definition) is 3. The van der Waals surface area contributed by atoms with Crippen LogP contribution in [0.15, 0.2) is 291 Å². The molecule has 83 heavy (non-hydrogen) atoms. The highest BCUT2D eigenvalue weighted by Gasteiger charge is 2.27. The molecule has 0 aliphatic rings. The monoisotopic (exact) mass is 1060 g/mol. The Morgan fingerprint density at radius 2 is 0.639 bits per heavy atom. The van der Waals surface area contributed by atoms with Gasteiger partial charge in [-0.05, 0) is 96.1 Å². The molecule has 6 nitrogen and oxygen atoms in total. The Labute approximate surface area is 478 Å². The molecule has 0 unspecified atom stereocenters. The second-order valence-corrected chi connectivity index (χ2v) is 21.2. The highest BCUT2D eigenvalue weighted by atomic mass is 15.0. The molecular weight excluding hydrogens is 1010 g/mol. The zero-order valence-corrected chi connectivity index (χ0v) is 44.9. The van der Waals surface area contributed by atoms with Gasteiger partial charge in [0.1, 0.15) is 0 Å². The molecule has 0 spiro atoms. The maximum atomic E-state index is 9.75. The van der Waals surface area contributed by atoms with Crippen molar-refractivity contribution in [3.63, 3.8) is 0 Å². The van der Waals surface area contributed by atoms with Crippen molar-refractivity contribution in [1.29, 1.82) is 5.26 Å². The van der Waals surface area contributed by atoms with Crippen LogP contribution in [0.1, 0.15) is 5.56 Å². The average molecular weight is 1060 g/mol. The zero-order valence-electron chi connectivity index (χ0n) is 44.9. The molecule has 0 amide bonds. The summed E-state index contributed by atoms with van der Waals surface area (Å²) in [5, 5.41) is 16.7. The van der Waals surface area contributed by atoms with Crippen LogP contribution in [0.3, 0.4) is 0 Å². The van der Waals surface area contributed by atoms with E-state index in [4.69, 9.17) is 9.97 Å². The predicted molar refractivity (Wildman–Crippen MR) is 342 cm³/mol. The van der Waals surface area contributed by atoms with Gasteiger partial charge in [-0.3, -0.25) is 0 Å². The largest absolute Gasteiger partial charge is 0.309 e. The Kier molecular flexibility index (Phi) is 11.2. The zero-order chi connectivity index (χ0) is 55.0. The Bertz CT molecular complexity index is 4930. The first kappa shape index (κ1) is 47.6. The van der Waals surface area contributed by atoms with Crippen LogP contribution in [0.5, 0.6) is 0 Å². The summed E-state index contributed by atoms with van der Waals surface area (Å²) in [6, 6.07) is 106. The smallest absolute Gasteiger partial charge is 0.160 e. The van der Waals surface area contributed by atoms with Crippen molar-refractivity contribution in [2.24, 2.45) is 0 Å². The molecule has 0 aliphatic carbocycles. The van der Waals surface area contributed by atoms with Gasteiger partial charge in [0.2, 0.25) is 0 Å². The van der Waals surface area contributed by atoms with E-state index in [0.717, 1.165) is 122 Å². The third kappa shape index (κ3) is 7.79. The first-order chi connectivity index (χ1) is 41.1. The maximum absolute atomic E-state index is 9.75. The normalized spacial score (nSPS) is 11.6. The molecule has 386 valence electrons. The SMILES string of the molecule is N#Cc1ccc(-c2ccc3c(c2)c2ccccc2n3-c2c(-c3ccccc3-n3c4ccccc4c4ccccc43)cc(-c3nc(-c4ccccc4)cc(-c4ccccc4)n3)cc2-c2ccccc2-n2c3ccccc3c3ccccc32)cc1. The third-order valence-corrected chi connectivity index (χ3v) is 16.5. The predicted octanol–water partition coefficient (Wildman–Crippen LogP) is 19.6. The number of fused-ring (bicyclic) bond motifs is 9. The Morgan fingerprint density at radius 3 is 1.10 bits per heavy atom. The Morgan fingerprint density at radius 1 is 0.265 bits per heavy atom. The van der Waals surface area contributed by atoms with Gasteiger partial charge in [-0.25, -0.2) is 9.97 Å². The molecule has 0 saturated carbocycles. The first-order valence-electron chi connectivity index (χ1n) is 28.0. The summed E-state index contributed by atoms with van der Waals surface area (Å²) < 4.78 is 7.39. The number of rotatable bonds is 9. The number of nitriles is 1. The van der Waals surface area contributed by atoms with E-state index in [-0.39, 0.29) is 0 Å². The van der Waals surface area contributed by atoms with Crippen LogP contribution in [-0.4, -0.2) is 23.7 Å². The number of para-hydroxylation sites is 7. The lowest BCUT2D eigenvalue weighted by Crippen LogP contribution is -2.06. The van der Waals surface area contributed by atoms with E-state index in [9.17, 15) is 5.26 Å². The minimum absolute atomic E-state index is 0.609. The number of hydrogen-bond donors (Lipinski definition) is 0. The number of nitrogens with zero attached hydrogens (tertiary/aromatic N) is 6. The van der Waals surface area contributed by atoms with Gasteiger partial charge >= 0.3 is 0 Å². The fraction of sp³-hybridized carbons (Fsp3) is 0. The van der Waals surface area contributed by atoms with Crippen LogP contribution in [0.25, 0.3) is 150 Å². The van der Waals surface area contributed by atoms with Crippen molar-refractivity contribution in [2.75, 3.05) is 0 Å². The van der Waals surface area contributed by atoms with E-state index >= 15 is 0 Å². The van der Waals surface area contributed by atoms with Crippen molar-refractivity contribution in [1.82, 2.24) is 23.7 Å². The van der Waals surface area contributed by atoms with Crippen molar-refractivity contribution < 1.29 is 0 Å². The van der Waals surface area contributed by atoms with E-state index in [1.54, 1.807) is 0 Å². The molecule has 6 heteroatoms. The molecule has 0 atom stereocenters. The summed E-state index contributed by atoms with van der Waals surface area (Å²) in [5.41, 5.74) is 21.0. The van der Waals surface area contributed by atoms with E-state index in [2.05, 4.69) is 275 Å². The fourth-order valence-corrected chi connectivity index (χ4v) is 12.8. The van der Waals surface area contributed by atoms with Crippen LogP contribution < -0.4 is 0 Å². The lowest BCUT2D eigenvalue weighted by molar-refractivity contribution is 1.15. The van der Waals surface area contributed by atoms with Crippen molar-refractivity contribution in [3.8, 4) is 90.4 Å². The van der Waals surface area contributed by atoms with Gasteiger partial charge in [0.15, 0.2) is 5.82 Å². The summed E-state index contributed by atoms with van der Waals surface area (Å²) in [7, 11) is 0. The van der Waals surface area contributed by atoms with Crippen LogP contribution in [-0.2, 0) is 0 Å². The number of benzene rings is 12.